The Morgan fingerprint density at radius 3 is 1.87 bits per heavy atom. The summed E-state index contributed by atoms with van der Waals surface area (Å²) >= 11 is 0. The molecule has 0 atom stereocenters. The van der Waals surface area contributed by atoms with Gasteiger partial charge in [-0.2, -0.15) is 4.39 Å². The molecule has 2 fully saturated rings. The molecule has 3 heteroatoms. The Labute approximate surface area is 185 Å². The molecular weight excluding hydrogens is 390 g/mol. The minimum Gasteiger partial charge on any atom is -0.491 e. The molecule has 4 rings (SSSR count). The molecule has 0 radical (unpaired) electrons. The van der Waals surface area contributed by atoms with Crippen molar-refractivity contribution in [2.24, 2.45) is 0 Å². The molecule has 0 amide bonds. The molecule has 0 saturated heterocycles. The zero-order valence-electron chi connectivity index (χ0n) is 18.9. The molecule has 2 aliphatic rings. The Morgan fingerprint density at radius 1 is 0.742 bits per heavy atom. The van der Waals surface area contributed by atoms with Gasteiger partial charge in [0.05, 0.1) is 6.61 Å². The number of allylic oxidation sites excluding steroid dienone is 2. The van der Waals surface area contributed by atoms with Crippen LogP contribution in [0.2, 0.25) is 0 Å². The Kier molecular flexibility index (Phi) is 7.09. The van der Waals surface area contributed by atoms with Gasteiger partial charge in [-0.1, -0.05) is 48.4 Å². The van der Waals surface area contributed by atoms with Crippen molar-refractivity contribution in [3.05, 3.63) is 75.9 Å². The Hall–Kier alpha value is -2.16. The van der Waals surface area contributed by atoms with Crippen LogP contribution in [0.25, 0.3) is 0 Å². The lowest BCUT2D eigenvalue weighted by Crippen LogP contribution is -2.13. The van der Waals surface area contributed by atoms with Gasteiger partial charge in [0, 0.05) is 0 Å². The normalized spacial score (nSPS) is 21.9. The van der Waals surface area contributed by atoms with Crippen LogP contribution in [-0.4, -0.2) is 6.61 Å². The average Bonchev–Trinajstić information content (AvgIpc) is 2.83. The van der Waals surface area contributed by atoms with E-state index in [2.05, 4.69) is 31.2 Å². The third-order valence-corrected chi connectivity index (χ3v) is 7.35. The van der Waals surface area contributed by atoms with Crippen molar-refractivity contribution in [1.82, 2.24) is 0 Å². The van der Waals surface area contributed by atoms with Gasteiger partial charge >= 0.3 is 0 Å². The predicted molar refractivity (Wildman–Crippen MR) is 123 cm³/mol. The van der Waals surface area contributed by atoms with Crippen LogP contribution in [0.15, 0.2) is 47.5 Å². The summed E-state index contributed by atoms with van der Waals surface area (Å²) in [6, 6.07) is 12.5. The minimum atomic E-state index is -0.839. The number of hydrogen-bond acceptors (Lipinski definition) is 1. The van der Waals surface area contributed by atoms with Crippen LogP contribution in [0.3, 0.4) is 0 Å². The fraction of sp³-hybridized carbons (Fsp3) is 0.500. The Balaban J connectivity index is 1.36. The first-order chi connectivity index (χ1) is 15.1. The molecule has 0 aromatic heterocycles. The van der Waals surface area contributed by atoms with Crippen molar-refractivity contribution in [2.75, 3.05) is 6.61 Å². The van der Waals surface area contributed by atoms with Gasteiger partial charge in [-0.15, -0.1) is 0 Å². The molecule has 0 heterocycles. The van der Waals surface area contributed by atoms with E-state index in [0.717, 1.165) is 32.1 Å². The van der Waals surface area contributed by atoms with Gasteiger partial charge in [-0.3, -0.25) is 0 Å². The topological polar surface area (TPSA) is 9.23 Å². The zero-order chi connectivity index (χ0) is 21.8. The highest BCUT2D eigenvalue weighted by molar-refractivity contribution is 5.34. The molecule has 31 heavy (non-hydrogen) atoms. The van der Waals surface area contributed by atoms with E-state index in [1.165, 1.54) is 36.8 Å². The maximum atomic E-state index is 14.6. The standard InChI is InChI=1S/C28H34F2O/c1-3-19-5-7-20(8-6-19)21-9-11-22(12-10-21)23-13-15-24(16-14-23)25-17-18-26(31-4-2)28(30)27(25)29/h5-8,17-18,21,24H,3-4,9-16H2,1-2H3. The van der Waals surface area contributed by atoms with Crippen LogP contribution in [0.1, 0.15) is 93.7 Å². The lowest BCUT2D eigenvalue weighted by Gasteiger charge is -2.31. The summed E-state index contributed by atoms with van der Waals surface area (Å²) in [5.41, 5.74) is 6.63. The maximum absolute atomic E-state index is 14.6. The van der Waals surface area contributed by atoms with Crippen molar-refractivity contribution in [3.8, 4) is 5.75 Å². The van der Waals surface area contributed by atoms with Crippen LogP contribution in [0.4, 0.5) is 8.78 Å². The van der Waals surface area contributed by atoms with Gasteiger partial charge in [0.15, 0.2) is 11.6 Å². The van der Waals surface area contributed by atoms with Gasteiger partial charge < -0.3 is 4.74 Å². The van der Waals surface area contributed by atoms with Crippen LogP contribution < -0.4 is 4.74 Å². The number of benzene rings is 2. The van der Waals surface area contributed by atoms with Crippen LogP contribution in [0.5, 0.6) is 5.75 Å². The molecule has 166 valence electrons. The minimum absolute atomic E-state index is 0.0171. The molecule has 1 nitrogen and oxygen atoms in total. The molecule has 0 unspecified atom stereocenters. The van der Waals surface area contributed by atoms with Crippen LogP contribution >= 0.6 is 0 Å². The summed E-state index contributed by atoms with van der Waals surface area (Å²) in [5.74, 6) is -0.769. The first-order valence-corrected chi connectivity index (χ1v) is 12.0. The van der Waals surface area contributed by atoms with E-state index in [0.29, 0.717) is 18.1 Å². The second-order valence-corrected chi connectivity index (χ2v) is 9.06. The highest BCUT2D eigenvalue weighted by atomic mass is 19.2. The number of ether oxygens (including phenoxy) is 1. The largest absolute Gasteiger partial charge is 0.491 e. The summed E-state index contributed by atoms with van der Waals surface area (Å²) < 4.78 is 34.1. The van der Waals surface area contributed by atoms with E-state index in [-0.39, 0.29) is 11.7 Å². The van der Waals surface area contributed by atoms with Gasteiger partial charge in [0.1, 0.15) is 0 Å². The molecule has 2 aliphatic carbocycles. The van der Waals surface area contributed by atoms with Gasteiger partial charge in [0.2, 0.25) is 5.82 Å². The van der Waals surface area contributed by atoms with Crippen LogP contribution in [-0.2, 0) is 6.42 Å². The lowest BCUT2D eigenvalue weighted by molar-refractivity contribution is 0.312. The number of rotatable bonds is 5. The summed E-state index contributed by atoms with van der Waals surface area (Å²) in [6.07, 6.45) is 9.78. The summed E-state index contributed by atoms with van der Waals surface area (Å²) in [4.78, 5) is 0. The van der Waals surface area contributed by atoms with E-state index in [9.17, 15) is 8.78 Å². The number of hydrogen-bond donors (Lipinski definition) is 0. The fourth-order valence-electron chi connectivity index (χ4n) is 5.44. The molecule has 0 aliphatic heterocycles. The van der Waals surface area contributed by atoms with Crippen molar-refractivity contribution >= 4 is 0 Å². The average molecular weight is 425 g/mol. The van der Waals surface area contributed by atoms with Gasteiger partial charge in [-0.25, -0.2) is 4.39 Å². The third kappa shape index (κ3) is 4.86. The molecule has 0 N–H and O–H groups in total. The molecular formula is C28H34F2O. The van der Waals surface area contributed by atoms with Gasteiger partial charge in [0.25, 0.3) is 0 Å². The highest BCUT2D eigenvalue weighted by Crippen LogP contribution is 2.43. The first-order valence-electron chi connectivity index (χ1n) is 12.0. The van der Waals surface area contributed by atoms with Crippen molar-refractivity contribution in [3.63, 3.8) is 0 Å². The Bertz CT molecular complexity index is 909. The molecule has 0 spiro atoms. The zero-order valence-corrected chi connectivity index (χ0v) is 18.9. The lowest BCUT2D eigenvalue weighted by atomic mass is 9.75. The summed E-state index contributed by atoms with van der Waals surface area (Å²) in [6.45, 7) is 4.31. The molecule has 2 saturated carbocycles. The van der Waals surface area contributed by atoms with Crippen molar-refractivity contribution < 1.29 is 13.5 Å². The second-order valence-electron chi connectivity index (χ2n) is 9.06. The smallest absolute Gasteiger partial charge is 0.200 e. The van der Waals surface area contributed by atoms with Crippen molar-refractivity contribution in [2.45, 2.75) is 83.5 Å². The Morgan fingerprint density at radius 2 is 1.32 bits per heavy atom. The molecule has 2 aromatic rings. The highest BCUT2D eigenvalue weighted by Gasteiger charge is 2.27. The second kappa shape index (κ2) is 9.97. The number of aryl methyl sites for hydroxylation is 1. The fourth-order valence-corrected chi connectivity index (χ4v) is 5.44. The van der Waals surface area contributed by atoms with E-state index >= 15 is 0 Å². The van der Waals surface area contributed by atoms with E-state index in [1.54, 1.807) is 30.2 Å². The maximum Gasteiger partial charge on any atom is 0.200 e. The molecule has 2 aromatic carbocycles. The van der Waals surface area contributed by atoms with E-state index < -0.39 is 11.6 Å². The predicted octanol–water partition coefficient (Wildman–Crippen LogP) is 8.24. The third-order valence-electron chi connectivity index (χ3n) is 7.35. The molecule has 0 bridgehead atoms. The SMILES string of the molecule is CCOc1ccc(C2CCC(=C3CCC(c4ccc(CC)cc4)CC3)CC2)c(F)c1F. The summed E-state index contributed by atoms with van der Waals surface area (Å²) in [7, 11) is 0. The summed E-state index contributed by atoms with van der Waals surface area (Å²) in [5, 5.41) is 0. The van der Waals surface area contributed by atoms with Crippen molar-refractivity contribution in [1.29, 1.82) is 0 Å². The van der Waals surface area contributed by atoms with E-state index in [4.69, 9.17) is 4.74 Å². The van der Waals surface area contributed by atoms with Gasteiger partial charge in [-0.05, 0) is 99.3 Å². The first kappa shape index (κ1) is 22.0. The van der Waals surface area contributed by atoms with E-state index in [1.807, 2.05) is 0 Å². The number of halogens is 2. The van der Waals surface area contributed by atoms with Crippen LogP contribution in [0, 0.1) is 11.6 Å². The monoisotopic (exact) mass is 424 g/mol. The quantitative estimate of drug-likeness (QED) is 0.439.